The van der Waals surface area contributed by atoms with Crippen molar-refractivity contribution >= 4 is 5.91 Å². The topological polar surface area (TPSA) is 91.3 Å². The van der Waals surface area contributed by atoms with Crippen LogP contribution in [0, 0.1) is 19.8 Å². The van der Waals surface area contributed by atoms with Gasteiger partial charge in [-0.15, -0.1) is 0 Å². The third kappa shape index (κ3) is 4.81. The number of carbonyl (C=O) groups is 1. The smallest absolute Gasteiger partial charge is 0.273 e. The number of ether oxygens (including phenoxy) is 1. The number of carbonyl (C=O) groups excluding carboxylic acids is 1. The number of benzene rings is 2. The lowest BCUT2D eigenvalue weighted by Gasteiger charge is -2.27. The van der Waals surface area contributed by atoms with E-state index in [0.29, 0.717) is 36.0 Å². The first-order valence-electron chi connectivity index (χ1n) is 12.6. The van der Waals surface area contributed by atoms with Crippen LogP contribution in [0.3, 0.4) is 0 Å². The maximum absolute atomic E-state index is 13.7. The van der Waals surface area contributed by atoms with Crippen LogP contribution in [0.15, 0.2) is 60.9 Å². The van der Waals surface area contributed by atoms with Crippen molar-refractivity contribution in [3.05, 3.63) is 94.4 Å². The van der Waals surface area contributed by atoms with Crippen LogP contribution in [0.2, 0.25) is 0 Å². The fourth-order valence-corrected chi connectivity index (χ4v) is 4.93. The van der Waals surface area contributed by atoms with Crippen molar-refractivity contribution in [2.24, 2.45) is 5.92 Å². The van der Waals surface area contributed by atoms with E-state index in [1.165, 1.54) is 0 Å². The summed E-state index contributed by atoms with van der Waals surface area (Å²) in [5, 5.41) is 18.5. The molecule has 0 fully saturated rings. The predicted molar refractivity (Wildman–Crippen MR) is 143 cm³/mol. The van der Waals surface area contributed by atoms with Crippen molar-refractivity contribution in [3.63, 3.8) is 0 Å². The van der Waals surface area contributed by atoms with Crippen molar-refractivity contribution in [3.8, 4) is 22.8 Å². The van der Waals surface area contributed by atoms with E-state index in [9.17, 15) is 9.90 Å². The Bertz CT molecular complexity index is 1430. The molecule has 0 unspecified atom stereocenters. The van der Waals surface area contributed by atoms with Gasteiger partial charge in [-0.3, -0.25) is 14.9 Å². The molecule has 0 spiro atoms. The number of nitrogens with zero attached hydrogens (tertiary/aromatic N) is 3. The number of aromatic nitrogens is 3. The van der Waals surface area contributed by atoms with Gasteiger partial charge in [0.15, 0.2) is 0 Å². The lowest BCUT2D eigenvalue weighted by Crippen LogP contribution is -2.29. The summed E-state index contributed by atoms with van der Waals surface area (Å²) in [6.07, 6.45) is 4.46. The van der Waals surface area contributed by atoms with Gasteiger partial charge in [0.05, 0.1) is 12.6 Å². The van der Waals surface area contributed by atoms with E-state index in [1.54, 1.807) is 12.4 Å². The molecule has 37 heavy (non-hydrogen) atoms. The number of nitrogens with one attached hydrogen (secondary N) is 1. The quantitative estimate of drug-likeness (QED) is 0.314. The number of phenolic OH excluding ortho intramolecular Hbond substituents is 1. The third-order valence-electron chi connectivity index (χ3n) is 6.78. The summed E-state index contributed by atoms with van der Waals surface area (Å²) in [5.74, 6) is 1.34. The number of aromatic amines is 1. The van der Waals surface area contributed by atoms with Crippen molar-refractivity contribution in [2.45, 2.75) is 46.7 Å². The largest absolute Gasteiger partial charge is 0.507 e. The number of fused-ring (bicyclic) bond motifs is 1. The highest BCUT2D eigenvalue weighted by Gasteiger charge is 2.42. The van der Waals surface area contributed by atoms with Gasteiger partial charge in [-0.25, -0.2) is 0 Å². The fourth-order valence-electron chi connectivity index (χ4n) is 4.93. The van der Waals surface area contributed by atoms with E-state index >= 15 is 0 Å². The SMILES string of the molecule is Cc1cc(C)c(O)c(-c2n[nH]c3c2[C@@H](c2cccc(OCCC(C)C)c2)N(Cc2cccnc2)C3=O)c1. The van der Waals surface area contributed by atoms with Gasteiger partial charge in [0.1, 0.15) is 22.9 Å². The van der Waals surface area contributed by atoms with Gasteiger partial charge in [0.25, 0.3) is 5.91 Å². The number of aromatic hydroxyl groups is 1. The lowest BCUT2D eigenvalue weighted by atomic mass is 9.94. The first-order chi connectivity index (χ1) is 17.8. The Balaban J connectivity index is 1.61. The van der Waals surface area contributed by atoms with Crippen LogP contribution in [0.25, 0.3) is 11.3 Å². The average molecular weight is 497 g/mol. The maximum Gasteiger partial charge on any atom is 0.273 e. The molecule has 0 bridgehead atoms. The number of aryl methyl sites for hydroxylation is 2. The fraction of sp³-hybridized carbons (Fsp3) is 0.300. The molecular weight excluding hydrogens is 464 g/mol. The second kappa shape index (κ2) is 10.1. The van der Waals surface area contributed by atoms with Gasteiger partial charge < -0.3 is 14.7 Å². The molecule has 2 aromatic heterocycles. The highest BCUT2D eigenvalue weighted by molar-refractivity contribution is 6.00. The minimum absolute atomic E-state index is 0.141. The van der Waals surface area contributed by atoms with Gasteiger partial charge in [-0.2, -0.15) is 5.10 Å². The second-order valence-corrected chi connectivity index (χ2v) is 10.1. The number of pyridine rings is 1. The van der Waals surface area contributed by atoms with E-state index in [4.69, 9.17) is 4.74 Å². The summed E-state index contributed by atoms with van der Waals surface area (Å²) in [6, 6.07) is 15.2. The molecule has 5 rings (SSSR count). The molecule has 7 heteroatoms. The van der Waals surface area contributed by atoms with Crippen LogP contribution >= 0.6 is 0 Å². The molecule has 7 nitrogen and oxygen atoms in total. The standard InChI is InChI=1S/C30H32N4O3/c1-18(2)10-12-37-23-9-5-8-22(15-23)28-25-26(24-14-19(3)13-20(4)29(24)35)32-33-27(25)30(36)34(28)17-21-7-6-11-31-16-21/h5-9,11,13-16,18,28,35H,10,12,17H2,1-4H3,(H,32,33)/t28-/m1/s1. The minimum atomic E-state index is -0.412. The average Bonchev–Trinajstić information content (AvgIpc) is 3.41. The molecule has 3 heterocycles. The van der Waals surface area contributed by atoms with E-state index < -0.39 is 6.04 Å². The molecule has 1 aliphatic heterocycles. The highest BCUT2D eigenvalue weighted by Crippen LogP contribution is 2.46. The Kier molecular flexibility index (Phi) is 6.70. The van der Waals surface area contributed by atoms with Gasteiger partial charge >= 0.3 is 0 Å². The predicted octanol–water partition coefficient (Wildman–Crippen LogP) is 5.96. The van der Waals surface area contributed by atoms with Crippen LogP contribution in [-0.4, -0.2) is 37.7 Å². The molecule has 190 valence electrons. The first kappa shape index (κ1) is 24.6. The summed E-state index contributed by atoms with van der Waals surface area (Å²) >= 11 is 0. The summed E-state index contributed by atoms with van der Waals surface area (Å²) in [4.78, 5) is 19.8. The Labute approximate surface area is 217 Å². The van der Waals surface area contributed by atoms with E-state index in [1.807, 2.05) is 67.3 Å². The van der Waals surface area contributed by atoms with Crippen molar-refractivity contribution in [1.82, 2.24) is 20.1 Å². The van der Waals surface area contributed by atoms with Gasteiger partial charge in [0, 0.05) is 30.1 Å². The zero-order valence-corrected chi connectivity index (χ0v) is 21.7. The van der Waals surface area contributed by atoms with E-state index in [2.05, 4.69) is 29.0 Å². The zero-order chi connectivity index (χ0) is 26.1. The molecule has 0 aliphatic carbocycles. The molecular formula is C30H32N4O3. The monoisotopic (exact) mass is 496 g/mol. The van der Waals surface area contributed by atoms with Gasteiger partial charge in [0.2, 0.25) is 0 Å². The molecule has 1 aliphatic rings. The summed E-state index contributed by atoms with van der Waals surface area (Å²) in [5.41, 5.74) is 6.01. The number of rotatable bonds is 8. The Morgan fingerprint density at radius 3 is 2.73 bits per heavy atom. The molecule has 0 radical (unpaired) electrons. The first-order valence-corrected chi connectivity index (χ1v) is 12.6. The molecule has 0 saturated heterocycles. The van der Waals surface area contributed by atoms with E-state index in [0.717, 1.165) is 40.0 Å². The number of H-pyrrole nitrogens is 1. The Morgan fingerprint density at radius 2 is 1.97 bits per heavy atom. The van der Waals surface area contributed by atoms with Crippen LogP contribution in [-0.2, 0) is 6.54 Å². The van der Waals surface area contributed by atoms with Crippen LogP contribution in [0.4, 0.5) is 0 Å². The van der Waals surface area contributed by atoms with Crippen LogP contribution < -0.4 is 4.74 Å². The number of amides is 1. The molecule has 1 amide bonds. The normalized spacial score (nSPS) is 14.9. The molecule has 0 saturated carbocycles. The number of hydrogen-bond acceptors (Lipinski definition) is 5. The Hall–Kier alpha value is -4.13. The summed E-state index contributed by atoms with van der Waals surface area (Å²) in [7, 11) is 0. The second-order valence-electron chi connectivity index (χ2n) is 10.1. The van der Waals surface area contributed by atoms with Crippen molar-refractivity contribution in [1.29, 1.82) is 0 Å². The molecule has 4 aromatic rings. The van der Waals surface area contributed by atoms with Crippen LogP contribution in [0.1, 0.15) is 64.6 Å². The lowest BCUT2D eigenvalue weighted by molar-refractivity contribution is 0.0729. The van der Waals surface area contributed by atoms with Crippen molar-refractivity contribution < 1.29 is 14.6 Å². The Morgan fingerprint density at radius 1 is 1.14 bits per heavy atom. The van der Waals surface area contributed by atoms with Gasteiger partial charge in [-0.05, 0) is 72.7 Å². The summed E-state index contributed by atoms with van der Waals surface area (Å²) in [6.45, 7) is 9.21. The molecule has 2 aromatic carbocycles. The zero-order valence-electron chi connectivity index (χ0n) is 21.7. The number of hydrogen-bond donors (Lipinski definition) is 2. The molecule has 2 N–H and O–H groups in total. The summed E-state index contributed by atoms with van der Waals surface area (Å²) < 4.78 is 6.06. The minimum Gasteiger partial charge on any atom is -0.507 e. The van der Waals surface area contributed by atoms with Crippen molar-refractivity contribution in [2.75, 3.05) is 6.61 Å². The van der Waals surface area contributed by atoms with Gasteiger partial charge in [-0.1, -0.05) is 38.1 Å². The highest BCUT2D eigenvalue weighted by atomic mass is 16.5. The number of phenols is 1. The van der Waals surface area contributed by atoms with E-state index in [-0.39, 0.29) is 11.7 Å². The third-order valence-corrected chi connectivity index (χ3v) is 6.78. The molecule has 1 atom stereocenters. The maximum atomic E-state index is 13.7. The van der Waals surface area contributed by atoms with Crippen LogP contribution in [0.5, 0.6) is 11.5 Å².